The molecule has 0 aliphatic heterocycles. The van der Waals surface area contributed by atoms with Gasteiger partial charge in [-0.3, -0.25) is 14.4 Å². The molecule has 8 nitrogen and oxygen atoms in total. The van der Waals surface area contributed by atoms with Gasteiger partial charge in [0.25, 0.3) is 11.8 Å². The zero-order valence-corrected chi connectivity index (χ0v) is 17.7. The highest BCUT2D eigenvalue weighted by Gasteiger charge is 2.22. The van der Waals surface area contributed by atoms with Crippen LogP contribution in [0, 0.1) is 0 Å². The Morgan fingerprint density at radius 3 is 2.39 bits per heavy atom. The minimum Gasteiger partial charge on any atom is -0.497 e. The number of ether oxygens (including phenoxy) is 1. The van der Waals surface area contributed by atoms with Crippen molar-refractivity contribution in [3.8, 4) is 5.75 Å². The van der Waals surface area contributed by atoms with Gasteiger partial charge < -0.3 is 25.2 Å². The van der Waals surface area contributed by atoms with Crippen LogP contribution in [0.5, 0.6) is 5.75 Å². The fourth-order valence-electron chi connectivity index (χ4n) is 2.56. The molecular weight excluding hydrogens is 360 g/mol. The van der Waals surface area contributed by atoms with Crippen molar-refractivity contribution in [1.29, 1.82) is 0 Å². The minimum atomic E-state index is -0.311. The molecule has 0 saturated carbocycles. The van der Waals surface area contributed by atoms with E-state index >= 15 is 0 Å². The molecule has 0 bridgehead atoms. The summed E-state index contributed by atoms with van der Waals surface area (Å²) in [6.45, 7) is 8.58. The van der Waals surface area contributed by atoms with E-state index in [1.54, 1.807) is 38.4 Å². The number of hydrogen-bond donors (Lipinski definition) is 3. The summed E-state index contributed by atoms with van der Waals surface area (Å²) < 4.78 is 5.12. The molecule has 1 unspecified atom stereocenters. The molecule has 0 heterocycles. The fraction of sp³-hybridized carbons (Fsp3) is 0.550. The molecule has 0 radical (unpaired) electrons. The number of benzene rings is 1. The van der Waals surface area contributed by atoms with E-state index in [0.29, 0.717) is 18.0 Å². The number of carbonyl (C=O) groups excluding carboxylic acids is 3. The summed E-state index contributed by atoms with van der Waals surface area (Å²) >= 11 is 0. The van der Waals surface area contributed by atoms with Crippen LogP contribution in [-0.2, 0) is 14.4 Å². The van der Waals surface area contributed by atoms with E-state index in [1.807, 2.05) is 27.7 Å². The normalized spacial score (nSPS) is 12.1. The molecule has 1 atom stereocenters. The molecule has 0 fully saturated rings. The number of nitrogens with one attached hydrogen (secondary N) is 3. The van der Waals surface area contributed by atoms with E-state index in [4.69, 9.17) is 4.74 Å². The first-order valence-electron chi connectivity index (χ1n) is 9.36. The Morgan fingerprint density at radius 2 is 1.82 bits per heavy atom. The van der Waals surface area contributed by atoms with Crippen molar-refractivity contribution < 1.29 is 24.0 Å². The Morgan fingerprint density at radius 1 is 1.14 bits per heavy atom. The van der Waals surface area contributed by atoms with Crippen molar-refractivity contribution in [1.82, 2.24) is 10.2 Å². The highest BCUT2D eigenvalue weighted by Crippen LogP contribution is 2.16. The largest absolute Gasteiger partial charge is 0.497 e. The lowest BCUT2D eigenvalue weighted by Crippen LogP contribution is -3.14. The molecule has 1 aromatic rings. The van der Waals surface area contributed by atoms with Gasteiger partial charge in [0, 0.05) is 24.3 Å². The van der Waals surface area contributed by atoms with Gasteiger partial charge in [-0.15, -0.1) is 0 Å². The molecule has 0 spiro atoms. The second kappa shape index (κ2) is 10.7. The Balaban J connectivity index is 2.53. The number of hydrogen-bond acceptors (Lipinski definition) is 4. The van der Waals surface area contributed by atoms with E-state index in [-0.39, 0.29) is 42.9 Å². The van der Waals surface area contributed by atoms with Crippen LogP contribution in [0.15, 0.2) is 24.3 Å². The molecule has 0 aliphatic rings. The quantitative estimate of drug-likeness (QED) is 0.547. The van der Waals surface area contributed by atoms with Gasteiger partial charge >= 0.3 is 0 Å². The third kappa shape index (κ3) is 8.85. The summed E-state index contributed by atoms with van der Waals surface area (Å²) in [4.78, 5) is 38.9. The number of amides is 3. The molecule has 0 saturated heterocycles. The number of nitrogens with zero attached hydrogens (tertiary/aromatic N) is 1. The SMILES string of the molecule is CC[NH+](CC(=O)NC(C)(C)C)CC(=O)N(C)CC(=O)Nc1cccc(OC)c1. The summed E-state index contributed by atoms with van der Waals surface area (Å²) in [6, 6.07) is 7.01. The van der Waals surface area contributed by atoms with Crippen molar-refractivity contribution in [3.05, 3.63) is 24.3 Å². The van der Waals surface area contributed by atoms with Gasteiger partial charge in [-0.1, -0.05) is 6.07 Å². The van der Waals surface area contributed by atoms with Crippen LogP contribution in [0.25, 0.3) is 0 Å². The highest BCUT2D eigenvalue weighted by atomic mass is 16.5. The fourth-order valence-corrected chi connectivity index (χ4v) is 2.56. The van der Waals surface area contributed by atoms with Gasteiger partial charge in [0.05, 0.1) is 20.2 Å². The first-order valence-corrected chi connectivity index (χ1v) is 9.36. The summed E-state index contributed by atoms with van der Waals surface area (Å²) in [5.41, 5.74) is 0.291. The second-order valence-electron chi connectivity index (χ2n) is 7.79. The molecule has 3 amide bonds. The Hall–Kier alpha value is -2.61. The third-order valence-corrected chi connectivity index (χ3v) is 3.99. The number of quaternary nitrogens is 1. The molecule has 3 N–H and O–H groups in total. The topological polar surface area (TPSA) is 92.2 Å². The number of likely N-dealkylation sites (N-methyl/N-ethyl adjacent to an activating group) is 2. The van der Waals surface area contributed by atoms with Crippen molar-refractivity contribution >= 4 is 23.4 Å². The zero-order valence-electron chi connectivity index (χ0n) is 17.7. The van der Waals surface area contributed by atoms with Crippen LogP contribution in [0.3, 0.4) is 0 Å². The van der Waals surface area contributed by atoms with E-state index in [1.165, 1.54) is 4.90 Å². The number of carbonyl (C=O) groups is 3. The van der Waals surface area contributed by atoms with Gasteiger partial charge in [0.2, 0.25) is 5.91 Å². The minimum absolute atomic E-state index is 0.0682. The van der Waals surface area contributed by atoms with E-state index < -0.39 is 0 Å². The van der Waals surface area contributed by atoms with Gasteiger partial charge in [0.1, 0.15) is 5.75 Å². The Bertz CT molecular complexity index is 685. The van der Waals surface area contributed by atoms with Crippen LogP contribution < -0.4 is 20.3 Å². The molecular formula is C20H33N4O4+. The first kappa shape index (κ1) is 23.4. The van der Waals surface area contributed by atoms with Crippen LogP contribution in [0.2, 0.25) is 0 Å². The summed E-state index contributed by atoms with van der Waals surface area (Å²) in [5.74, 6) is 0.0438. The lowest BCUT2D eigenvalue weighted by atomic mass is 10.1. The predicted octanol–water partition coefficient (Wildman–Crippen LogP) is -0.0884. The maximum atomic E-state index is 12.4. The summed E-state index contributed by atoms with van der Waals surface area (Å²) in [6.07, 6.45) is 0. The molecule has 0 aliphatic carbocycles. The average molecular weight is 394 g/mol. The van der Waals surface area contributed by atoms with Crippen molar-refractivity contribution in [2.24, 2.45) is 0 Å². The number of anilines is 1. The molecule has 28 heavy (non-hydrogen) atoms. The Labute approximate surface area is 167 Å². The van der Waals surface area contributed by atoms with Crippen molar-refractivity contribution in [2.75, 3.05) is 45.7 Å². The third-order valence-electron chi connectivity index (χ3n) is 3.99. The predicted molar refractivity (Wildman–Crippen MR) is 108 cm³/mol. The smallest absolute Gasteiger partial charge is 0.277 e. The maximum absolute atomic E-state index is 12.4. The van der Waals surface area contributed by atoms with E-state index in [0.717, 1.165) is 4.90 Å². The molecule has 1 rings (SSSR count). The van der Waals surface area contributed by atoms with Crippen LogP contribution in [0.4, 0.5) is 5.69 Å². The zero-order chi connectivity index (χ0) is 21.3. The number of methoxy groups -OCH3 is 1. The highest BCUT2D eigenvalue weighted by molar-refractivity contribution is 5.94. The van der Waals surface area contributed by atoms with Crippen LogP contribution in [-0.4, -0.2) is 68.5 Å². The van der Waals surface area contributed by atoms with Gasteiger partial charge in [0.15, 0.2) is 13.1 Å². The Kier molecular flexibility index (Phi) is 8.91. The summed E-state index contributed by atoms with van der Waals surface area (Å²) in [7, 11) is 3.13. The molecule has 0 aromatic heterocycles. The number of rotatable bonds is 9. The van der Waals surface area contributed by atoms with Crippen LogP contribution >= 0.6 is 0 Å². The van der Waals surface area contributed by atoms with E-state index in [2.05, 4.69) is 10.6 Å². The van der Waals surface area contributed by atoms with Crippen molar-refractivity contribution in [3.63, 3.8) is 0 Å². The van der Waals surface area contributed by atoms with Gasteiger partial charge in [-0.25, -0.2) is 0 Å². The van der Waals surface area contributed by atoms with Gasteiger partial charge in [-0.2, -0.15) is 0 Å². The molecule has 156 valence electrons. The van der Waals surface area contributed by atoms with E-state index in [9.17, 15) is 14.4 Å². The molecule has 8 heteroatoms. The maximum Gasteiger partial charge on any atom is 0.277 e. The lowest BCUT2D eigenvalue weighted by Gasteiger charge is -2.24. The van der Waals surface area contributed by atoms with Gasteiger partial charge in [-0.05, 0) is 39.8 Å². The standard InChI is InChI=1S/C20H32N4O4/c1-7-24(13-18(26)22-20(2,3)4)14-19(27)23(5)12-17(25)21-15-9-8-10-16(11-15)28-6/h8-11H,7,12-14H2,1-6H3,(H,21,25)(H,22,26)/p+1. The molecule has 1 aromatic carbocycles. The summed E-state index contributed by atoms with van der Waals surface area (Å²) in [5, 5.41) is 5.64. The lowest BCUT2D eigenvalue weighted by molar-refractivity contribution is -0.882. The second-order valence-corrected chi connectivity index (χ2v) is 7.79. The monoisotopic (exact) mass is 393 g/mol. The van der Waals surface area contributed by atoms with Crippen molar-refractivity contribution in [2.45, 2.75) is 33.2 Å². The van der Waals surface area contributed by atoms with Crippen LogP contribution in [0.1, 0.15) is 27.7 Å². The average Bonchev–Trinajstić information content (AvgIpc) is 2.59. The first-order chi connectivity index (χ1) is 13.0.